The van der Waals surface area contributed by atoms with E-state index in [1.807, 2.05) is 26.0 Å². The van der Waals surface area contributed by atoms with Crippen LogP contribution in [0.1, 0.15) is 24.2 Å². The molecule has 8 nitrogen and oxygen atoms in total. The zero-order chi connectivity index (χ0) is 18.0. The number of aromatic nitrogens is 4. The molecule has 0 fully saturated rings. The molecule has 0 bridgehead atoms. The first-order valence-corrected chi connectivity index (χ1v) is 7.84. The fourth-order valence-corrected chi connectivity index (χ4v) is 2.44. The zero-order valence-electron chi connectivity index (χ0n) is 14.1. The number of nitrogens with one attached hydrogen (secondary N) is 1. The molecular weight excluding hydrogens is 320 g/mol. The van der Waals surface area contributed by atoms with E-state index in [0.717, 1.165) is 11.3 Å². The maximum absolute atomic E-state index is 12.7. The highest BCUT2D eigenvalue weighted by molar-refractivity contribution is 6.05. The Labute approximate surface area is 144 Å². The molecule has 130 valence electrons. The average Bonchev–Trinajstić information content (AvgIpc) is 3.02. The van der Waals surface area contributed by atoms with Gasteiger partial charge in [-0.05, 0) is 18.2 Å². The predicted octanol–water partition coefficient (Wildman–Crippen LogP) is 1.12. The van der Waals surface area contributed by atoms with Crippen LogP contribution in [0.15, 0.2) is 36.9 Å². The van der Waals surface area contributed by atoms with Crippen LogP contribution in [0.3, 0.4) is 0 Å². The van der Waals surface area contributed by atoms with Crippen LogP contribution in [0.25, 0.3) is 16.8 Å². The van der Waals surface area contributed by atoms with E-state index in [2.05, 4.69) is 20.4 Å². The van der Waals surface area contributed by atoms with E-state index in [0.29, 0.717) is 17.6 Å². The van der Waals surface area contributed by atoms with Crippen LogP contribution in [0, 0.1) is 5.41 Å². The molecule has 0 aliphatic rings. The summed E-state index contributed by atoms with van der Waals surface area (Å²) in [6, 6.07) is 5.39. The highest BCUT2D eigenvalue weighted by atomic mass is 16.3. The van der Waals surface area contributed by atoms with Crippen molar-refractivity contribution < 1.29 is 9.90 Å². The predicted molar refractivity (Wildman–Crippen MR) is 93.8 cm³/mol. The van der Waals surface area contributed by atoms with Crippen LogP contribution in [0.4, 0.5) is 5.82 Å². The molecule has 0 atom stereocenters. The quantitative estimate of drug-likeness (QED) is 0.640. The average molecular weight is 340 g/mol. The van der Waals surface area contributed by atoms with Crippen molar-refractivity contribution in [1.29, 1.82) is 0 Å². The number of fused-ring (bicyclic) bond motifs is 1. The number of hydrogen-bond acceptors (Lipinski definition) is 6. The summed E-state index contributed by atoms with van der Waals surface area (Å²) in [5.41, 5.74) is 7.99. The first-order chi connectivity index (χ1) is 11.9. The Morgan fingerprint density at radius 1 is 1.36 bits per heavy atom. The van der Waals surface area contributed by atoms with Crippen LogP contribution >= 0.6 is 0 Å². The minimum atomic E-state index is -0.416. The number of nitrogens with zero attached hydrogens (tertiary/aromatic N) is 4. The monoisotopic (exact) mass is 340 g/mol. The molecule has 1 amide bonds. The zero-order valence-corrected chi connectivity index (χ0v) is 14.1. The summed E-state index contributed by atoms with van der Waals surface area (Å²) < 4.78 is 1.60. The lowest BCUT2D eigenvalue weighted by Crippen LogP contribution is -2.36. The van der Waals surface area contributed by atoms with Crippen molar-refractivity contribution in [2.24, 2.45) is 5.41 Å². The molecular formula is C17H20N6O2. The first kappa shape index (κ1) is 16.8. The number of nitrogens with two attached hydrogens (primary N) is 1. The summed E-state index contributed by atoms with van der Waals surface area (Å²) in [6.45, 7) is 4.03. The van der Waals surface area contributed by atoms with Crippen molar-refractivity contribution >= 4 is 17.2 Å². The van der Waals surface area contributed by atoms with Crippen LogP contribution in [-0.2, 0) is 0 Å². The van der Waals surface area contributed by atoms with Gasteiger partial charge in [-0.25, -0.2) is 9.50 Å². The van der Waals surface area contributed by atoms with E-state index in [1.165, 1.54) is 6.33 Å². The van der Waals surface area contributed by atoms with Gasteiger partial charge in [0.05, 0.1) is 11.3 Å². The molecule has 3 aromatic rings. The molecule has 25 heavy (non-hydrogen) atoms. The summed E-state index contributed by atoms with van der Waals surface area (Å²) in [4.78, 5) is 20.7. The molecule has 0 radical (unpaired) electrons. The van der Waals surface area contributed by atoms with E-state index in [9.17, 15) is 9.90 Å². The number of amides is 1. The molecule has 0 aliphatic heterocycles. The third-order valence-electron chi connectivity index (χ3n) is 3.96. The van der Waals surface area contributed by atoms with E-state index in [-0.39, 0.29) is 18.3 Å². The molecule has 4 N–H and O–H groups in total. The lowest BCUT2D eigenvalue weighted by Gasteiger charge is -2.21. The van der Waals surface area contributed by atoms with Crippen molar-refractivity contribution in [3.05, 3.63) is 42.5 Å². The second-order valence-corrected chi connectivity index (χ2v) is 6.59. The second-order valence-electron chi connectivity index (χ2n) is 6.59. The smallest absolute Gasteiger partial charge is 0.253 e. The van der Waals surface area contributed by atoms with Gasteiger partial charge in [0, 0.05) is 36.5 Å². The van der Waals surface area contributed by atoms with Gasteiger partial charge in [-0.15, -0.1) is 0 Å². The maximum atomic E-state index is 12.7. The first-order valence-electron chi connectivity index (χ1n) is 7.84. The largest absolute Gasteiger partial charge is 0.396 e. The molecule has 3 heterocycles. The summed E-state index contributed by atoms with van der Waals surface area (Å²) in [6.07, 6.45) is 4.69. The molecule has 3 aromatic heterocycles. The van der Waals surface area contributed by atoms with Crippen molar-refractivity contribution in [1.82, 2.24) is 24.9 Å². The molecule has 3 rings (SSSR count). The van der Waals surface area contributed by atoms with Gasteiger partial charge >= 0.3 is 0 Å². The number of pyridine rings is 1. The normalized spacial score (nSPS) is 11.6. The Kier molecular flexibility index (Phi) is 4.37. The van der Waals surface area contributed by atoms with Gasteiger partial charge in [-0.1, -0.05) is 13.8 Å². The fourth-order valence-electron chi connectivity index (χ4n) is 2.44. The van der Waals surface area contributed by atoms with Gasteiger partial charge in [0.25, 0.3) is 5.91 Å². The van der Waals surface area contributed by atoms with E-state index >= 15 is 0 Å². The van der Waals surface area contributed by atoms with Gasteiger partial charge in [0.2, 0.25) is 0 Å². The van der Waals surface area contributed by atoms with E-state index in [4.69, 9.17) is 5.73 Å². The van der Waals surface area contributed by atoms with Gasteiger partial charge < -0.3 is 16.2 Å². The third kappa shape index (κ3) is 3.29. The molecule has 0 saturated carbocycles. The minimum absolute atomic E-state index is 0.0305. The van der Waals surface area contributed by atoms with Crippen molar-refractivity contribution in [2.45, 2.75) is 13.8 Å². The van der Waals surface area contributed by atoms with Crippen LogP contribution in [0.2, 0.25) is 0 Å². The molecule has 0 spiro atoms. The number of carbonyl (C=O) groups excluding carboxylic acids is 1. The van der Waals surface area contributed by atoms with Gasteiger partial charge in [-0.3, -0.25) is 9.78 Å². The van der Waals surface area contributed by atoms with E-state index in [1.54, 1.807) is 23.0 Å². The second kappa shape index (κ2) is 6.48. The van der Waals surface area contributed by atoms with Crippen LogP contribution < -0.4 is 11.1 Å². The Morgan fingerprint density at radius 2 is 2.08 bits per heavy atom. The van der Waals surface area contributed by atoms with Crippen LogP contribution in [0.5, 0.6) is 0 Å². The number of aliphatic hydroxyl groups excluding tert-OH is 1. The van der Waals surface area contributed by atoms with Crippen molar-refractivity contribution in [3.8, 4) is 11.3 Å². The number of anilines is 1. The number of aliphatic hydroxyl groups is 1. The van der Waals surface area contributed by atoms with Gasteiger partial charge in [-0.2, -0.15) is 5.10 Å². The summed E-state index contributed by atoms with van der Waals surface area (Å²) in [5.74, 6) is -0.0669. The Morgan fingerprint density at radius 3 is 2.76 bits per heavy atom. The minimum Gasteiger partial charge on any atom is -0.396 e. The van der Waals surface area contributed by atoms with Crippen LogP contribution in [-0.4, -0.2) is 43.7 Å². The van der Waals surface area contributed by atoms with Crippen molar-refractivity contribution in [3.63, 3.8) is 0 Å². The Hall–Kier alpha value is -3.00. The third-order valence-corrected chi connectivity index (χ3v) is 3.96. The Bertz CT molecular complexity index is 904. The van der Waals surface area contributed by atoms with Crippen molar-refractivity contribution in [2.75, 3.05) is 18.9 Å². The lowest BCUT2D eigenvalue weighted by atomic mass is 9.95. The number of nitrogen functional groups attached to an aromatic ring is 1. The molecule has 0 unspecified atom stereocenters. The number of rotatable bonds is 5. The van der Waals surface area contributed by atoms with Gasteiger partial charge in [0.15, 0.2) is 5.82 Å². The lowest BCUT2D eigenvalue weighted by molar-refractivity contribution is 0.0912. The van der Waals surface area contributed by atoms with Gasteiger partial charge in [0.1, 0.15) is 11.8 Å². The fraction of sp³-hybridized carbons (Fsp3) is 0.294. The maximum Gasteiger partial charge on any atom is 0.253 e. The Balaban J connectivity index is 2.05. The highest BCUT2D eigenvalue weighted by Gasteiger charge is 2.22. The number of carbonyl (C=O) groups is 1. The summed E-state index contributed by atoms with van der Waals surface area (Å²) in [7, 11) is 0. The number of hydrogen-bond donors (Lipinski definition) is 3. The van der Waals surface area contributed by atoms with E-state index < -0.39 is 5.41 Å². The molecule has 0 aromatic carbocycles. The molecule has 0 saturated heterocycles. The summed E-state index contributed by atoms with van der Waals surface area (Å²) in [5, 5.41) is 16.4. The highest BCUT2D eigenvalue weighted by Crippen LogP contribution is 2.27. The topological polar surface area (TPSA) is 118 Å². The molecule has 8 heteroatoms. The summed E-state index contributed by atoms with van der Waals surface area (Å²) >= 11 is 0. The molecule has 0 aliphatic carbocycles. The SMILES string of the molecule is CC(C)(CO)CNC(=O)c1cc(-c2ccncc2)n2ncnc(N)c12. The standard InChI is InChI=1S/C17H20N6O2/c1-17(2,9-24)8-20-16(25)12-7-13(11-3-5-19-6-4-11)23-14(12)15(18)21-10-22-23/h3-7,10,24H,8-9H2,1-2H3,(H,20,25)(H2,18,21,22).